The molecule has 0 spiro atoms. The van der Waals surface area contributed by atoms with Crippen LogP contribution in [0.3, 0.4) is 0 Å². The number of benzene rings is 1. The fraction of sp³-hybridized carbons (Fsp3) is 0. The summed E-state index contributed by atoms with van der Waals surface area (Å²) in [6.07, 6.45) is 0. The first-order valence-corrected chi connectivity index (χ1v) is 5.65. The fourth-order valence-electron chi connectivity index (χ4n) is 1.49. The number of nitro groups is 1. The molecule has 7 nitrogen and oxygen atoms in total. The third-order valence-electron chi connectivity index (χ3n) is 2.25. The van der Waals surface area contributed by atoms with Gasteiger partial charge in [0.25, 0.3) is 5.91 Å². The van der Waals surface area contributed by atoms with E-state index < -0.39 is 28.0 Å². The molecule has 2 aromatic rings. The molecule has 94 valence electrons. The summed E-state index contributed by atoms with van der Waals surface area (Å²) in [5.41, 5.74) is 4.37. The summed E-state index contributed by atoms with van der Waals surface area (Å²) < 4.78 is -0.0194. The second kappa shape index (κ2) is 4.00. The minimum Gasteiger partial charge on any atom is -0.504 e. The van der Waals surface area contributed by atoms with Crippen LogP contribution in [-0.2, 0) is 0 Å². The van der Waals surface area contributed by atoms with E-state index in [-0.39, 0.29) is 20.0 Å². The van der Waals surface area contributed by atoms with Crippen LogP contribution in [0.4, 0.5) is 5.69 Å². The fourth-order valence-corrected chi connectivity index (χ4v) is 2.95. The van der Waals surface area contributed by atoms with E-state index in [1.165, 1.54) is 0 Å². The molecule has 1 amide bonds. The van der Waals surface area contributed by atoms with Crippen LogP contribution in [0.15, 0.2) is 6.07 Å². The molecular formula is C9H5ClN2O5S. The van der Waals surface area contributed by atoms with Gasteiger partial charge in [-0.15, -0.1) is 11.3 Å². The number of amides is 1. The Kier molecular flexibility index (Phi) is 2.76. The molecule has 2 rings (SSSR count). The van der Waals surface area contributed by atoms with Crippen molar-refractivity contribution in [2.45, 2.75) is 0 Å². The van der Waals surface area contributed by atoms with E-state index in [0.29, 0.717) is 11.3 Å². The zero-order chi connectivity index (χ0) is 13.6. The number of aromatic hydroxyl groups is 2. The molecule has 18 heavy (non-hydrogen) atoms. The first kappa shape index (κ1) is 12.4. The number of nitro benzene ring substituents is 1. The summed E-state index contributed by atoms with van der Waals surface area (Å²) in [5, 5.41) is 29.7. The molecule has 0 unspecified atom stereocenters. The third kappa shape index (κ3) is 1.62. The Morgan fingerprint density at radius 3 is 2.61 bits per heavy atom. The van der Waals surface area contributed by atoms with Crippen molar-refractivity contribution in [3.8, 4) is 11.5 Å². The van der Waals surface area contributed by atoms with E-state index >= 15 is 0 Å². The molecule has 1 aromatic carbocycles. The summed E-state index contributed by atoms with van der Waals surface area (Å²) in [4.78, 5) is 21.0. The number of nitrogens with two attached hydrogens (primary N) is 1. The molecule has 0 bridgehead atoms. The zero-order valence-electron chi connectivity index (χ0n) is 8.51. The maximum atomic E-state index is 11.1. The number of carbonyl (C=O) groups is 1. The average Bonchev–Trinajstić information content (AvgIpc) is 2.57. The van der Waals surface area contributed by atoms with Gasteiger partial charge < -0.3 is 15.9 Å². The van der Waals surface area contributed by atoms with E-state index in [9.17, 15) is 25.1 Å². The van der Waals surface area contributed by atoms with Crippen molar-refractivity contribution in [2.24, 2.45) is 5.73 Å². The SMILES string of the molecule is NC(=O)c1sc2c([N+](=O)[O-])c(O)c(O)cc2c1Cl. The number of hydrogen-bond acceptors (Lipinski definition) is 6. The Morgan fingerprint density at radius 1 is 1.50 bits per heavy atom. The van der Waals surface area contributed by atoms with Crippen LogP contribution >= 0.6 is 22.9 Å². The van der Waals surface area contributed by atoms with Gasteiger partial charge in [-0.3, -0.25) is 14.9 Å². The largest absolute Gasteiger partial charge is 0.504 e. The summed E-state index contributed by atoms with van der Waals surface area (Å²) in [6, 6.07) is 1.04. The Labute approximate surface area is 108 Å². The molecule has 0 saturated heterocycles. The van der Waals surface area contributed by atoms with Crippen LogP contribution in [0.5, 0.6) is 11.5 Å². The highest BCUT2D eigenvalue weighted by Crippen LogP contribution is 2.48. The van der Waals surface area contributed by atoms with Crippen LogP contribution < -0.4 is 5.73 Å². The topological polar surface area (TPSA) is 127 Å². The standard InChI is InChI=1S/C9H5ClN2O5S/c10-4-2-1-3(13)6(14)5(12(16)17)7(2)18-8(4)9(11)15/h1,13-14H,(H2,11,15). The minimum atomic E-state index is -0.874. The molecule has 1 aromatic heterocycles. The lowest BCUT2D eigenvalue weighted by Crippen LogP contribution is -2.08. The van der Waals surface area contributed by atoms with Gasteiger partial charge in [0, 0.05) is 5.39 Å². The van der Waals surface area contributed by atoms with Crippen LogP contribution in [0, 0.1) is 10.1 Å². The number of halogens is 1. The first-order chi connectivity index (χ1) is 8.34. The number of thiophene rings is 1. The van der Waals surface area contributed by atoms with Crippen molar-refractivity contribution in [1.29, 1.82) is 0 Å². The Bertz CT molecular complexity index is 696. The van der Waals surface area contributed by atoms with Gasteiger partial charge in [0.15, 0.2) is 5.75 Å². The van der Waals surface area contributed by atoms with Crippen molar-refractivity contribution in [3.63, 3.8) is 0 Å². The van der Waals surface area contributed by atoms with Crippen LogP contribution in [0.2, 0.25) is 5.02 Å². The predicted octanol–water partition coefficient (Wildman–Crippen LogP) is 1.97. The summed E-state index contributed by atoms with van der Waals surface area (Å²) >= 11 is 6.54. The van der Waals surface area contributed by atoms with Crippen molar-refractivity contribution in [2.75, 3.05) is 0 Å². The summed E-state index contributed by atoms with van der Waals surface area (Å²) in [5.74, 6) is -2.40. The van der Waals surface area contributed by atoms with Gasteiger partial charge in [-0.1, -0.05) is 11.6 Å². The van der Waals surface area contributed by atoms with E-state index in [2.05, 4.69) is 0 Å². The van der Waals surface area contributed by atoms with Gasteiger partial charge in [0.05, 0.1) is 9.95 Å². The van der Waals surface area contributed by atoms with Gasteiger partial charge in [-0.05, 0) is 6.07 Å². The third-order valence-corrected chi connectivity index (χ3v) is 3.99. The predicted molar refractivity (Wildman–Crippen MR) is 65.3 cm³/mol. The summed E-state index contributed by atoms with van der Waals surface area (Å²) in [6.45, 7) is 0. The monoisotopic (exact) mass is 288 g/mol. The molecule has 0 saturated carbocycles. The van der Waals surface area contributed by atoms with E-state index in [1.807, 2.05) is 0 Å². The molecule has 0 fully saturated rings. The number of rotatable bonds is 2. The lowest BCUT2D eigenvalue weighted by Gasteiger charge is -2.00. The van der Waals surface area contributed by atoms with Gasteiger partial charge in [-0.25, -0.2) is 0 Å². The highest BCUT2D eigenvalue weighted by Gasteiger charge is 2.28. The quantitative estimate of drug-likeness (QED) is 0.442. The maximum absolute atomic E-state index is 11.1. The molecule has 1 heterocycles. The lowest BCUT2D eigenvalue weighted by atomic mass is 10.2. The Balaban J connectivity index is 2.98. The van der Waals surface area contributed by atoms with E-state index in [1.54, 1.807) is 0 Å². The number of phenolic OH excluding ortho intramolecular Hbond substituents is 2. The Morgan fingerprint density at radius 2 is 2.11 bits per heavy atom. The van der Waals surface area contributed by atoms with Gasteiger partial charge in [0.1, 0.15) is 9.58 Å². The number of primary amides is 1. The normalized spacial score (nSPS) is 10.7. The maximum Gasteiger partial charge on any atom is 0.332 e. The smallest absolute Gasteiger partial charge is 0.332 e. The second-order valence-corrected chi connectivity index (χ2v) is 4.73. The molecular weight excluding hydrogens is 284 g/mol. The number of phenols is 2. The van der Waals surface area contributed by atoms with E-state index in [4.69, 9.17) is 17.3 Å². The number of carbonyl (C=O) groups excluding carboxylic acids is 1. The van der Waals surface area contributed by atoms with E-state index in [0.717, 1.165) is 6.07 Å². The minimum absolute atomic E-state index is 0.0194. The molecule has 0 aliphatic rings. The molecule has 0 aliphatic heterocycles. The molecule has 9 heteroatoms. The molecule has 4 N–H and O–H groups in total. The Hall–Kier alpha value is -2.06. The lowest BCUT2D eigenvalue weighted by molar-refractivity contribution is -0.383. The van der Waals surface area contributed by atoms with Crippen molar-refractivity contribution in [3.05, 3.63) is 26.1 Å². The highest BCUT2D eigenvalue weighted by atomic mass is 35.5. The second-order valence-electron chi connectivity index (χ2n) is 3.34. The number of hydrogen-bond donors (Lipinski definition) is 3. The van der Waals surface area contributed by atoms with Crippen LogP contribution in [-0.4, -0.2) is 21.0 Å². The molecule has 0 radical (unpaired) electrons. The average molecular weight is 289 g/mol. The first-order valence-electron chi connectivity index (χ1n) is 4.45. The molecule has 0 aliphatic carbocycles. The number of fused-ring (bicyclic) bond motifs is 1. The van der Waals surface area contributed by atoms with Crippen molar-refractivity contribution in [1.82, 2.24) is 0 Å². The molecule has 0 atom stereocenters. The van der Waals surface area contributed by atoms with Gasteiger partial charge in [0.2, 0.25) is 5.75 Å². The zero-order valence-corrected chi connectivity index (χ0v) is 10.1. The van der Waals surface area contributed by atoms with Gasteiger partial charge >= 0.3 is 5.69 Å². The van der Waals surface area contributed by atoms with Crippen molar-refractivity contribution >= 4 is 44.6 Å². The summed E-state index contributed by atoms with van der Waals surface area (Å²) in [7, 11) is 0. The van der Waals surface area contributed by atoms with Crippen molar-refractivity contribution < 1.29 is 19.9 Å². The van der Waals surface area contributed by atoms with Crippen LogP contribution in [0.25, 0.3) is 10.1 Å². The van der Waals surface area contributed by atoms with Crippen LogP contribution in [0.1, 0.15) is 9.67 Å². The highest BCUT2D eigenvalue weighted by molar-refractivity contribution is 7.22. The van der Waals surface area contributed by atoms with Gasteiger partial charge in [-0.2, -0.15) is 0 Å². The number of nitrogens with zero attached hydrogens (tertiary/aromatic N) is 1.